The van der Waals surface area contributed by atoms with Gasteiger partial charge in [0.05, 0.1) is 12.5 Å². The summed E-state index contributed by atoms with van der Waals surface area (Å²) < 4.78 is 5.06. The van der Waals surface area contributed by atoms with Crippen LogP contribution in [0.3, 0.4) is 0 Å². The van der Waals surface area contributed by atoms with E-state index >= 15 is 0 Å². The molecule has 1 heterocycles. The minimum atomic E-state index is -0.855. The summed E-state index contributed by atoms with van der Waals surface area (Å²) >= 11 is 0. The summed E-state index contributed by atoms with van der Waals surface area (Å²) in [6.45, 7) is 2.24. The van der Waals surface area contributed by atoms with Crippen LogP contribution in [-0.2, 0) is 29.1 Å². The molecule has 0 amide bonds. The Kier molecular flexibility index (Phi) is 4.49. The Morgan fingerprint density at radius 1 is 0.952 bits per heavy atom. The molecule has 2 spiro atoms. The maximum atomic E-state index is 11.7. The molecule has 0 radical (unpaired) electrons. The van der Waals surface area contributed by atoms with Gasteiger partial charge in [0.2, 0.25) is 11.6 Å². The minimum Gasteiger partial charge on any atom is -0.466 e. The van der Waals surface area contributed by atoms with E-state index in [0.29, 0.717) is 32.3 Å². The zero-order chi connectivity index (χ0) is 14.8. The van der Waals surface area contributed by atoms with Crippen LogP contribution in [0, 0.1) is 5.92 Å². The fourth-order valence-corrected chi connectivity index (χ4v) is 3.31. The predicted octanol–water partition coefficient (Wildman–Crippen LogP) is 3.01. The Bertz CT molecular complexity index is 356. The van der Waals surface area contributed by atoms with Crippen LogP contribution < -0.4 is 0 Å². The Hall–Kier alpha value is -0.690. The van der Waals surface area contributed by atoms with Gasteiger partial charge in [-0.3, -0.25) is 4.79 Å². The third kappa shape index (κ3) is 3.23. The largest absolute Gasteiger partial charge is 0.466 e. The van der Waals surface area contributed by atoms with Crippen LogP contribution in [0.2, 0.25) is 0 Å². The minimum absolute atomic E-state index is 0.0756. The van der Waals surface area contributed by atoms with E-state index in [4.69, 9.17) is 24.3 Å². The van der Waals surface area contributed by atoms with E-state index in [2.05, 4.69) is 0 Å². The molecule has 1 aliphatic heterocycles. The Morgan fingerprint density at radius 2 is 1.48 bits per heavy atom. The summed E-state index contributed by atoms with van der Waals surface area (Å²) in [5.41, 5.74) is 0. The van der Waals surface area contributed by atoms with Crippen molar-refractivity contribution in [2.75, 3.05) is 6.61 Å². The van der Waals surface area contributed by atoms with Gasteiger partial charge >= 0.3 is 5.97 Å². The lowest BCUT2D eigenvalue weighted by Crippen LogP contribution is -2.53. The first-order valence-corrected chi connectivity index (χ1v) is 8.07. The highest BCUT2D eigenvalue weighted by atomic mass is 17.4. The van der Waals surface area contributed by atoms with Gasteiger partial charge in [-0.25, -0.2) is 0 Å². The fraction of sp³-hybridized carbons (Fsp3) is 0.933. The zero-order valence-electron chi connectivity index (χ0n) is 12.6. The molecule has 0 aromatic heterocycles. The Morgan fingerprint density at radius 3 is 2.00 bits per heavy atom. The normalized spacial score (nSPS) is 28.6. The van der Waals surface area contributed by atoms with Crippen LogP contribution in [0.1, 0.15) is 64.7 Å². The molecule has 0 N–H and O–H groups in total. The monoisotopic (exact) mass is 300 g/mol. The topological polar surface area (TPSA) is 63.2 Å². The molecule has 21 heavy (non-hydrogen) atoms. The van der Waals surface area contributed by atoms with E-state index in [9.17, 15) is 4.79 Å². The third-order valence-electron chi connectivity index (χ3n) is 4.67. The number of rotatable bonds is 2. The number of carbonyl (C=O) groups is 1. The van der Waals surface area contributed by atoms with Crippen molar-refractivity contribution < 1.29 is 29.1 Å². The van der Waals surface area contributed by atoms with Crippen molar-refractivity contribution in [3.8, 4) is 0 Å². The number of carbonyl (C=O) groups excluding carboxylic acids is 1. The van der Waals surface area contributed by atoms with E-state index in [-0.39, 0.29) is 11.9 Å². The first-order chi connectivity index (χ1) is 10.2. The summed E-state index contributed by atoms with van der Waals surface area (Å²) in [7, 11) is 0. The molecule has 0 aromatic carbocycles. The first kappa shape index (κ1) is 15.2. The summed E-state index contributed by atoms with van der Waals surface area (Å²) in [5.74, 6) is -1.78. The zero-order valence-corrected chi connectivity index (χ0v) is 12.6. The maximum absolute atomic E-state index is 11.7. The summed E-state index contributed by atoms with van der Waals surface area (Å²) in [4.78, 5) is 34.1. The third-order valence-corrected chi connectivity index (χ3v) is 4.67. The van der Waals surface area contributed by atoms with Gasteiger partial charge in [0.1, 0.15) is 0 Å². The van der Waals surface area contributed by atoms with Crippen molar-refractivity contribution >= 4 is 5.97 Å². The first-order valence-electron chi connectivity index (χ1n) is 8.07. The molecular formula is C15H24O6. The molecule has 3 fully saturated rings. The van der Waals surface area contributed by atoms with Crippen LogP contribution in [0.5, 0.6) is 0 Å². The SMILES string of the molecule is CCOC(=O)C1CCC2(CC1)OOC1(CCCCC1)OO2. The van der Waals surface area contributed by atoms with Gasteiger partial charge in [-0.05, 0) is 32.6 Å². The molecule has 2 aliphatic carbocycles. The van der Waals surface area contributed by atoms with Gasteiger partial charge in [0, 0.05) is 25.7 Å². The van der Waals surface area contributed by atoms with Crippen LogP contribution in [0.4, 0.5) is 0 Å². The number of hydrogen-bond donors (Lipinski definition) is 0. The smallest absolute Gasteiger partial charge is 0.308 e. The summed E-state index contributed by atoms with van der Waals surface area (Å²) in [6, 6.07) is 0. The van der Waals surface area contributed by atoms with E-state index < -0.39 is 11.6 Å². The van der Waals surface area contributed by atoms with Crippen molar-refractivity contribution in [1.82, 2.24) is 0 Å². The van der Waals surface area contributed by atoms with Gasteiger partial charge in [-0.1, -0.05) is 6.42 Å². The molecule has 0 bridgehead atoms. The second-order valence-electron chi connectivity index (χ2n) is 6.24. The number of hydrogen-bond acceptors (Lipinski definition) is 6. The standard InChI is InChI=1S/C15H24O6/c1-2-17-13(16)12-6-10-15(11-7-12)20-18-14(19-21-15)8-4-3-5-9-14/h12H,2-11H2,1H3. The Balaban J connectivity index is 1.51. The Labute approximate surface area is 124 Å². The van der Waals surface area contributed by atoms with Crippen LogP contribution in [-0.4, -0.2) is 24.2 Å². The van der Waals surface area contributed by atoms with Gasteiger partial charge in [0.15, 0.2) is 0 Å². The van der Waals surface area contributed by atoms with Crippen molar-refractivity contribution in [2.24, 2.45) is 5.92 Å². The molecule has 6 heteroatoms. The van der Waals surface area contributed by atoms with E-state index in [1.54, 1.807) is 0 Å². The summed E-state index contributed by atoms with van der Waals surface area (Å²) in [6.07, 6.45) is 7.40. The van der Waals surface area contributed by atoms with Gasteiger partial charge in [-0.2, -0.15) is 19.6 Å². The molecule has 1 saturated heterocycles. The van der Waals surface area contributed by atoms with Crippen molar-refractivity contribution in [2.45, 2.75) is 76.3 Å². The van der Waals surface area contributed by atoms with E-state index in [1.165, 1.54) is 6.42 Å². The second kappa shape index (κ2) is 6.20. The molecule has 0 atom stereocenters. The molecule has 0 unspecified atom stereocenters. The van der Waals surface area contributed by atoms with E-state index in [0.717, 1.165) is 25.7 Å². The molecule has 3 aliphatic rings. The van der Waals surface area contributed by atoms with Crippen LogP contribution in [0.25, 0.3) is 0 Å². The van der Waals surface area contributed by atoms with Crippen molar-refractivity contribution in [1.29, 1.82) is 0 Å². The number of ether oxygens (including phenoxy) is 1. The van der Waals surface area contributed by atoms with E-state index in [1.807, 2.05) is 6.92 Å². The lowest BCUT2D eigenvalue weighted by Gasteiger charge is -2.46. The highest BCUT2D eigenvalue weighted by molar-refractivity contribution is 5.72. The second-order valence-corrected chi connectivity index (χ2v) is 6.24. The van der Waals surface area contributed by atoms with Crippen LogP contribution >= 0.6 is 0 Å². The van der Waals surface area contributed by atoms with Gasteiger partial charge < -0.3 is 4.74 Å². The highest BCUT2D eigenvalue weighted by Gasteiger charge is 2.51. The van der Waals surface area contributed by atoms with Gasteiger partial charge in [-0.15, -0.1) is 0 Å². The lowest BCUT2D eigenvalue weighted by molar-refractivity contribution is -0.662. The predicted molar refractivity (Wildman–Crippen MR) is 71.5 cm³/mol. The number of esters is 1. The molecular weight excluding hydrogens is 276 g/mol. The van der Waals surface area contributed by atoms with Crippen LogP contribution in [0.15, 0.2) is 0 Å². The maximum Gasteiger partial charge on any atom is 0.308 e. The molecule has 0 aromatic rings. The van der Waals surface area contributed by atoms with Gasteiger partial charge in [0.25, 0.3) is 0 Å². The van der Waals surface area contributed by atoms with Crippen molar-refractivity contribution in [3.05, 3.63) is 0 Å². The van der Waals surface area contributed by atoms with Crippen molar-refractivity contribution in [3.63, 3.8) is 0 Å². The molecule has 6 nitrogen and oxygen atoms in total. The quantitative estimate of drug-likeness (QED) is 0.577. The highest BCUT2D eigenvalue weighted by Crippen LogP contribution is 2.45. The lowest BCUT2D eigenvalue weighted by atomic mass is 9.85. The average Bonchev–Trinajstić information content (AvgIpc) is 2.53. The molecule has 3 rings (SSSR count). The molecule has 2 saturated carbocycles. The molecule has 120 valence electrons. The fourth-order valence-electron chi connectivity index (χ4n) is 3.31. The average molecular weight is 300 g/mol. The summed E-state index contributed by atoms with van der Waals surface area (Å²) in [5, 5.41) is 0.